The van der Waals surface area contributed by atoms with Gasteiger partial charge in [0.1, 0.15) is 0 Å². The topological polar surface area (TPSA) is 6.48 Å². The first kappa shape index (κ1) is 24.6. The summed E-state index contributed by atoms with van der Waals surface area (Å²) in [6, 6.07) is 29.3. The summed E-state index contributed by atoms with van der Waals surface area (Å²) in [7, 11) is 0. The van der Waals surface area contributed by atoms with Gasteiger partial charge in [0.2, 0.25) is 0 Å². The van der Waals surface area contributed by atoms with Crippen molar-refractivity contribution in [3.05, 3.63) is 101 Å². The molecule has 0 atom stereocenters. The van der Waals surface area contributed by atoms with Gasteiger partial charge in [-0.1, -0.05) is 80.6 Å². The highest BCUT2D eigenvalue weighted by Gasteiger charge is 2.25. The lowest BCUT2D eigenvalue weighted by atomic mass is 9.97. The summed E-state index contributed by atoms with van der Waals surface area (Å²) in [5.41, 5.74) is 7.32. The van der Waals surface area contributed by atoms with Crippen LogP contribution in [0.1, 0.15) is 56.2 Å². The van der Waals surface area contributed by atoms with Crippen LogP contribution in [0, 0.1) is 6.92 Å². The number of hydrogen-bond donors (Lipinski definition) is 0. The molecule has 0 radical (unpaired) electrons. The number of allylic oxidation sites excluding steroid dienone is 1. The molecule has 0 bridgehead atoms. The van der Waals surface area contributed by atoms with E-state index in [1.807, 2.05) is 0 Å². The Morgan fingerprint density at radius 1 is 0.694 bits per heavy atom. The molecule has 0 amide bonds. The fourth-order valence-electron chi connectivity index (χ4n) is 5.50. The zero-order valence-corrected chi connectivity index (χ0v) is 22.3. The van der Waals surface area contributed by atoms with E-state index in [1.165, 1.54) is 76.2 Å². The summed E-state index contributed by atoms with van der Waals surface area (Å²) in [5, 5.41) is 5.32. The van der Waals surface area contributed by atoms with E-state index in [0.717, 1.165) is 26.2 Å². The highest BCUT2D eigenvalue weighted by atomic mass is 15.1. The van der Waals surface area contributed by atoms with Crippen molar-refractivity contribution >= 4 is 27.2 Å². The Morgan fingerprint density at radius 2 is 1.31 bits per heavy atom. The molecule has 1 fully saturated rings. The number of benzene rings is 4. The monoisotopic (exact) mass is 476 g/mol. The van der Waals surface area contributed by atoms with Crippen molar-refractivity contribution in [1.82, 2.24) is 9.80 Å². The molecule has 0 saturated heterocycles. The van der Waals surface area contributed by atoms with Crippen molar-refractivity contribution in [2.75, 3.05) is 26.2 Å². The van der Waals surface area contributed by atoms with E-state index in [0.29, 0.717) is 0 Å². The van der Waals surface area contributed by atoms with Gasteiger partial charge < -0.3 is 9.80 Å². The quantitative estimate of drug-likeness (QED) is 0.200. The molecule has 4 aromatic carbocycles. The number of fused-ring (bicyclic) bond motifs is 2. The number of hydrogen-bond acceptors (Lipinski definition) is 2. The van der Waals surface area contributed by atoms with E-state index >= 15 is 0 Å². The predicted octanol–water partition coefficient (Wildman–Crippen LogP) is 8.43. The molecule has 1 aliphatic carbocycles. The maximum absolute atomic E-state index is 2.70. The van der Waals surface area contributed by atoms with Crippen molar-refractivity contribution in [3.8, 4) is 0 Å². The fourth-order valence-corrected chi connectivity index (χ4v) is 5.50. The third-order valence-electron chi connectivity index (χ3n) is 7.73. The van der Waals surface area contributed by atoms with Crippen LogP contribution in [0.5, 0.6) is 0 Å². The number of unbranched alkanes of at least 4 members (excludes halogenated alkanes) is 1. The molecule has 0 aromatic heterocycles. The molecule has 0 aliphatic heterocycles. The van der Waals surface area contributed by atoms with Crippen molar-refractivity contribution in [3.63, 3.8) is 0 Å². The minimum Gasteiger partial charge on any atom is -0.367 e. The average Bonchev–Trinajstić information content (AvgIpc) is 3.74. The van der Waals surface area contributed by atoms with Gasteiger partial charge in [-0.2, -0.15) is 0 Å². The second kappa shape index (κ2) is 11.3. The lowest BCUT2D eigenvalue weighted by Crippen LogP contribution is -2.27. The number of rotatable bonds is 11. The van der Waals surface area contributed by atoms with Crippen LogP contribution in [0.3, 0.4) is 0 Å². The smallest absolute Gasteiger partial charge is 0.0437 e. The van der Waals surface area contributed by atoms with Gasteiger partial charge in [0.05, 0.1) is 0 Å². The van der Waals surface area contributed by atoms with E-state index < -0.39 is 0 Å². The molecule has 5 rings (SSSR count). The molecule has 36 heavy (non-hydrogen) atoms. The van der Waals surface area contributed by atoms with Gasteiger partial charge in [-0.05, 0) is 103 Å². The van der Waals surface area contributed by atoms with Crippen molar-refractivity contribution < 1.29 is 0 Å². The second-order valence-electron chi connectivity index (χ2n) is 10.3. The molecule has 1 saturated carbocycles. The minimum absolute atomic E-state index is 0.960. The maximum atomic E-state index is 2.70. The summed E-state index contributed by atoms with van der Waals surface area (Å²) in [6.07, 6.45) is 4.92. The summed E-state index contributed by atoms with van der Waals surface area (Å²) in [6.45, 7) is 12.4. The highest BCUT2D eigenvalue weighted by Crippen LogP contribution is 2.41. The van der Waals surface area contributed by atoms with Crippen LogP contribution in [-0.4, -0.2) is 36.0 Å². The number of aryl methyl sites for hydroxylation is 1. The third-order valence-corrected chi connectivity index (χ3v) is 7.73. The summed E-state index contributed by atoms with van der Waals surface area (Å²) < 4.78 is 0. The molecule has 0 spiro atoms. The van der Waals surface area contributed by atoms with Gasteiger partial charge in [0, 0.05) is 24.4 Å². The molecule has 4 aromatic rings. The highest BCUT2D eigenvalue weighted by molar-refractivity contribution is 5.88. The van der Waals surface area contributed by atoms with Gasteiger partial charge >= 0.3 is 0 Å². The van der Waals surface area contributed by atoms with Gasteiger partial charge in [0.25, 0.3) is 0 Å². The Bertz CT molecular complexity index is 1360. The largest absolute Gasteiger partial charge is 0.367 e. The van der Waals surface area contributed by atoms with Gasteiger partial charge in [-0.25, -0.2) is 0 Å². The van der Waals surface area contributed by atoms with Crippen LogP contribution in [0.25, 0.3) is 27.2 Å². The first-order valence-corrected chi connectivity index (χ1v) is 13.8. The van der Waals surface area contributed by atoms with Gasteiger partial charge in [-0.15, -0.1) is 0 Å². The summed E-state index contributed by atoms with van der Waals surface area (Å²) >= 11 is 0. The van der Waals surface area contributed by atoms with E-state index in [2.05, 4.69) is 109 Å². The molecule has 2 heteroatoms. The molecule has 1 aliphatic rings. The lowest BCUT2D eigenvalue weighted by molar-refractivity contribution is 0.286. The van der Waals surface area contributed by atoms with E-state index in [9.17, 15) is 0 Å². The first-order valence-electron chi connectivity index (χ1n) is 13.8. The van der Waals surface area contributed by atoms with Crippen LogP contribution < -0.4 is 0 Å². The first-order chi connectivity index (χ1) is 17.7. The molecule has 2 nitrogen and oxygen atoms in total. The Kier molecular flexibility index (Phi) is 7.72. The zero-order valence-electron chi connectivity index (χ0n) is 22.3. The standard InChI is InChI=1S/C34H40N2/c1-4-35(5-2)20-10-11-21-36(25-27-16-17-28-12-6-7-14-31(28)23-27)34(29-18-19-29)33-24-32-15-9-8-13-30(32)22-26(33)3/h6-9,12-17,22-24H,4-5,10-11,18-21,25H2,1-3H3. The second-order valence-corrected chi connectivity index (χ2v) is 10.3. The Morgan fingerprint density at radius 3 is 1.97 bits per heavy atom. The third kappa shape index (κ3) is 5.65. The molecular formula is C34H40N2. The van der Waals surface area contributed by atoms with Crippen LogP contribution in [-0.2, 0) is 6.54 Å². The molecule has 186 valence electrons. The fraction of sp³-hybridized carbons (Fsp3) is 0.353. The molecule has 0 N–H and O–H groups in total. The van der Waals surface area contributed by atoms with Crippen LogP contribution in [0.2, 0.25) is 0 Å². The SMILES string of the molecule is CCN(CC)CCCCN(Cc1ccc2ccccc2c1)C(=C1CC1)c1cc2ccccc2cc1C. The summed E-state index contributed by atoms with van der Waals surface area (Å²) in [5.74, 6) is 0. The van der Waals surface area contributed by atoms with E-state index in [-0.39, 0.29) is 0 Å². The molecular weight excluding hydrogens is 436 g/mol. The normalized spacial score (nSPS) is 13.1. The predicted molar refractivity (Wildman–Crippen MR) is 156 cm³/mol. The van der Waals surface area contributed by atoms with Gasteiger partial charge in [-0.3, -0.25) is 0 Å². The Hall–Kier alpha value is -3.10. The number of nitrogens with zero attached hydrogens (tertiary/aromatic N) is 2. The van der Waals surface area contributed by atoms with Crippen molar-refractivity contribution in [2.24, 2.45) is 0 Å². The minimum atomic E-state index is 0.960. The van der Waals surface area contributed by atoms with Gasteiger partial charge in [0.15, 0.2) is 0 Å². The lowest BCUT2D eigenvalue weighted by Gasteiger charge is -2.30. The Labute approximate surface area is 217 Å². The van der Waals surface area contributed by atoms with Crippen molar-refractivity contribution in [1.29, 1.82) is 0 Å². The zero-order chi connectivity index (χ0) is 24.9. The average molecular weight is 477 g/mol. The maximum Gasteiger partial charge on any atom is 0.0437 e. The Balaban J connectivity index is 1.47. The van der Waals surface area contributed by atoms with Crippen LogP contribution in [0.15, 0.2) is 84.4 Å². The van der Waals surface area contributed by atoms with Crippen LogP contribution >= 0.6 is 0 Å². The molecule has 0 unspecified atom stereocenters. The summed E-state index contributed by atoms with van der Waals surface area (Å²) in [4.78, 5) is 5.24. The van der Waals surface area contributed by atoms with E-state index in [4.69, 9.17) is 0 Å². The van der Waals surface area contributed by atoms with Crippen LogP contribution in [0.4, 0.5) is 0 Å². The van der Waals surface area contributed by atoms with E-state index in [1.54, 1.807) is 5.57 Å². The van der Waals surface area contributed by atoms with Crippen molar-refractivity contribution in [2.45, 2.75) is 53.0 Å². The molecule has 0 heterocycles.